The predicted octanol–water partition coefficient (Wildman–Crippen LogP) is 1.90. The highest BCUT2D eigenvalue weighted by Gasteiger charge is 2.32. The molecule has 0 saturated carbocycles. The molecule has 1 amide bonds. The van der Waals surface area contributed by atoms with Crippen LogP contribution < -0.4 is 0 Å². The Morgan fingerprint density at radius 1 is 1.33 bits per heavy atom. The molecular formula is C15H17N3O3. The van der Waals surface area contributed by atoms with Crippen molar-refractivity contribution in [3.63, 3.8) is 0 Å². The van der Waals surface area contributed by atoms with Crippen LogP contribution in [0.5, 0.6) is 0 Å². The van der Waals surface area contributed by atoms with Crippen molar-refractivity contribution in [2.45, 2.75) is 19.9 Å². The van der Waals surface area contributed by atoms with Crippen LogP contribution in [0.15, 0.2) is 29.1 Å². The molecule has 0 unspecified atom stereocenters. The molecule has 0 bridgehead atoms. The molecule has 1 saturated heterocycles. The van der Waals surface area contributed by atoms with E-state index in [2.05, 4.69) is 10.1 Å². The van der Waals surface area contributed by atoms with Gasteiger partial charge in [0.2, 0.25) is 6.39 Å². The van der Waals surface area contributed by atoms with Crippen molar-refractivity contribution in [1.82, 2.24) is 15.0 Å². The largest absolute Gasteiger partial charge is 0.377 e. The second-order valence-corrected chi connectivity index (χ2v) is 5.18. The molecule has 2 aromatic rings. The van der Waals surface area contributed by atoms with Crippen molar-refractivity contribution >= 4 is 5.91 Å². The number of benzene rings is 1. The minimum Gasteiger partial charge on any atom is -0.377 e. The maximum Gasteiger partial charge on any atom is 0.254 e. The molecule has 1 aliphatic rings. The minimum atomic E-state index is -0.299. The monoisotopic (exact) mass is 287 g/mol. The Morgan fingerprint density at radius 3 is 2.90 bits per heavy atom. The Kier molecular flexibility index (Phi) is 3.70. The van der Waals surface area contributed by atoms with Crippen LogP contribution in [0, 0.1) is 13.8 Å². The third-order valence-electron chi connectivity index (χ3n) is 3.82. The number of nitrogens with zero attached hydrogens (tertiary/aromatic N) is 3. The van der Waals surface area contributed by atoms with Gasteiger partial charge in [0.1, 0.15) is 6.04 Å². The van der Waals surface area contributed by atoms with Crippen molar-refractivity contribution in [3.05, 3.63) is 47.1 Å². The number of aryl methyl sites for hydroxylation is 2. The van der Waals surface area contributed by atoms with Crippen molar-refractivity contribution in [2.24, 2.45) is 0 Å². The highest BCUT2D eigenvalue weighted by molar-refractivity contribution is 5.94. The van der Waals surface area contributed by atoms with Gasteiger partial charge in [-0.3, -0.25) is 4.79 Å². The molecule has 1 aliphatic heterocycles. The zero-order valence-electron chi connectivity index (χ0n) is 12.1. The maximum atomic E-state index is 12.8. The Bertz CT molecular complexity index is 640. The fourth-order valence-corrected chi connectivity index (χ4v) is 2.43. The third kappa shape index (κ3) is 2.67. The Hall–Kier alpha value is -2.21. The van der Waals surface area contributed by atoms with E-state index in [1.807, 2.05) is 32.0 Å². The number of hydrogen-bond acceptors (Lipinski definition) is 5. The summed E-state index contributed by atoms with van der Waals surface area (Å²) in [5, 5.41) is 3.84. The standard InChI is InChI=1S/C15H17N3O3/c1-10-3-4-12(7-11(10)2)15(19)18-5-6-20-8-13(18)14-16-9-21-17-14/h3-4,7,9,13H,5-6,8H2,1-2H3/t13-/m0/s1. The van der Waals surface area contributed by atoms with Crippen LogP contribution in [0.3, 0.4) is 0 Å². The summed E-state index contributed by atoms with van der Waals surface area (Å²) in [7, 11) is 0. The number of ether oxygens (including phenoxy) is 1. The van der Waals surface area contributed by atoms with Gasteiger partial charge in [0.05, 0.1) is 13.2 Å². The summed E-state index contributed by atoms with van der Waals surface area (Å²) in [4.78, 5) is 18.5. The van der Waals surface area contributed by atoms with Gasteiger partial charge in [-0.2, -0.15) is 4.98 Å². The van der Waals surface area contributed by atoms with Crippen LogP contribution in [0.2, 0.25) is 0 Å². The summed E-state index contributed by atoms with van der Waals surface area (Å²) < 4.78 is 10.2. The third-order valence-corrected chi connectivity index (χ3v) is 3.82. The van der Waals surface area contributed by atoms with Gasteiger partial charge in [0.15, 0.2) is 5.82 Å². The first kappa shape index (κ1) is 13.8. The highest BCUT2D eigenvalue weighted by atomic mass is 16.5. The number of aromatic nitrogens is 2. The molecule has 0 radical (unpaired) electrons. The first-order valence-corrected chi connectivity index (χ1v) is 6.89. The molecule has 0 aliphatic carbocycles. The molecule has 1 aromatic heterocycles. The molecule has 3 rings (SSSR count). The second-order valence-electron chi connectivity index (χ2n) is 5.18. The Balaban J connectivity index is 1.89. The summed E-state index contributed by atoms with van der Waals surface area (Å²) in [5.74, 6) is 0.447. The molecule has 0 spiro atoms. The number of carbonyl (C=O) groups is 1. The summed E-state index contributed by atoms with van der Waals surface area (Å²) in [6.07, 6.45) is 1.27. The molecule has 6 nitrogen and oxygen atoms in total. The van der Waals surface area contributed by atoms with Gasteiger partial charge in [-0.1, -0.05) is 11.2 Å². The number of rotatable bonds is 2. The summed E-state index contributed by atoms with van der Waals surface area (Å²) in [6, 6.07) is 5.44. The lowest BCUT2D eigenvalue weighted by Crippen LogP contribution is -2.43. The lowest BCUT2D eigenvalue weighted by Gasteiger charge is -2.33. The van der Waals surface area contributed by atoms with Crippen molar-refractivity contribution in [2.75, 3.05) is 19.8 Å². The molecule has 2 heterocycles. The average molecular weight is 287 g/mol. The van der Waals surface area contributed by atoms with Gasteiger partial charge in [-0.15, -0.1) is 0 Å². The van der Waals surface area contributed by atoms with E-state index in [0.29, 0.717) is 31.1 Å². The molecule has 0 N–H and O–H groups in total. The normalized spacial score (nSPS) is 18.8. The Morgan fingerprint density at radius 2 is 2.19 bits per heavy atom. The molecule has 1 aromatic carbocycles. The van der Waals surface area contributed by atoms with Crippen LogP contribution in [-0.4, -0.2) is 40.7 Å². The van der Waals surface area contributed by atoms with E-state index in [1.54, 1.807) is 4.90 Å². The maximum absolute atomic E-state index is 12.8. The molecule has 1 fully saturated rings. The molecular weight excluding hydrogens is 270 g/mol. The predicted molar refractivity (Wildman–Crippen MR) is 74.8 cm³/mol. The van der Waals surface area contributed by atoms with E-state index in [-0.39, 0.29) is 11.9 Å². The van der Waals surface area contributed by atoms with Crippen molar-refractivity contribution in [1.29, 1.82) is 0 Å². The first-order valence-electron chi connectivity index (χ1n) is 6.89. The minimum absolute atomic E-state index is 0.0313. The average Bonchev–Trinajstić information content (AvgIpc) is 3.03. The van der Waals surface area contributed by atoms with E-state index in [4.69, 9.17) is 9.26 Å². The van der Waals surface area contributed by atoms with E-state index in [1.165, 1.54) is 12.0 Å². The lowest BCUT2D eigenvalue weighted by molar-refractivity contribution is -0.00577. The summed E-state index contributed by atoms with van der Waals surface area (Å²) >= 11 is 0. The number of hydrogen-bond donors (Lipinski definition) is 0. The topological polar surface area (TPSA) is 68.5 Å². The number of amides is 1. The van der Waals surface area contributed by atoms with E-state index >= 15 is 0 Å². The van der Waals surface area contributed by atoms with E-state index in [0.717, 1.165) is 5.56 Å². The van der Waals surface area contributed by atoms with Crippen molar-refractivity contribution in [3.8, 4) is 0 Å². The van der Waals surface area contributed by atoms with Gasteiger partial charge in [0.25, 0.3) is 5.91 Å². The van der Waals surface area contributed by atoms with Crippen LogP contribution in [0.4, 0.5) is 0 Å². The highest BCUT2D eigenvalue weighted by Crippen LogP contribution is 2.24. The van der Waals surface area contributed by atoms with Gasteiger partial charge >= 0.3 is 0 Å². The van der Waals surface area contributed by atoms with Gasteiger partial charge in [0, 0.05) is 12.1 Å². The summed E-state index contributed by atoms with van der Waals surface area (Å²) in [6.45, 7) is 5.45. The number of morpholine rings is 1. The molecule has 6 heteroatoms. The first-order chi connectivity index (χ1) is 10.2. The molecule has 21 heavy (non-hydrogen) atoms. The fraction of sp³-hybridized carbons (Fsp3) is 0.400. The molecule has 1 atom stereocenters. The van der Waals surface area contributed by atoms with Crippen molar-refractivity contribution < 1.29 is 14.1 Å². The van der Waals surface area contributed by atoms with Crippen LogP contribution >= 0.6 is 0 Å². The molecule has 110 valence electrons. The van der Waals surface area contributed by atoms with Gasteiger partial charge in [-0.25, -0.2) is 0 Å². The lowest BCUT2D eigenvalue weighted by atomic mass is 10.0. The van der Waals surface area contributed by atoms with Gasteiger partial charge in [-0.05, 0) is 37.1 Å². The van der Waals surface area contributed by atoms with E-state index in [9.17, 15) is 4.79 Å². The quantitative estimate of drug-likeness (QED) is 0.844. The summed E-state index contributed by atoms with van der Waals surface area (Å²) in [5.41, 5.74) is 2.95. The fourth-order valence-electron chi connectivity index (χ4n) is 2.43. The Labute approximate surface area is 122 Å². The number of carbonyl (C=O) groups excluding carboxylic acids is 1. The van der Waals surface area contributed by atoms with Crippen LogP contribution in [-0.2, 0) is 4.74 Å². The van der Waals surface area contributed by atoms with Crippen LogP contribution in [0.25, 0.3) is 0 Å². The van der Waals surface area contributed by atoms with Crippen LogP contribution in [0.1, 0.15) is 33.4 Å². The SMILES string of the molecule is Cc1ccc(C(=O)N2CCOC[C@H]2c2ncon2)cc1C. The smallest absolute Gasteiger partial charge is 0.254 e. The zero-order valence-corrected chi connectivity index (χ0v) is 12.1. The van der Waals surface area contributed by atoms with E-state index < -0.39 is 0 Å². The zero-order chi connectivity index (χ0) is 14.8. The van der Waals surface area contributed by atoms with Gasteiger partial charge < -0.3 is 14.2 Å². The second kappa shape index (κ2) is 5.65.